The van der Waals surface area contributed by atoms with Crippen LogP contribution in [-0.4, -0.2) is 13.2 Å². The second-order valence-electron chi connectivity index (χ2n) is 5.33. The lowest BCUT2D eigenvalue weighted by atomic mass is 10.1. The van der Waals surface area contributed by atoms with E-state index in [0.717, 1.165) is 17.5 Å². The fourth-order valence-corrected chi connectivity index (χ4v) is 4.83. The zero-order chi connectivity index (χ0) is 15.0. The monoisotopic (exact) mass is 365 g/mol. The van der Waals surface area contributed by atoms with Crippen molar-refractivity contribution in [3.63, 3.8) is 0 Å². The Morgan fingerprint density at radius 1 is 1.10 bits per heavy atom. The zero-order valence-corrected chi connectivity index (χ0v) is 14.0. The molecular formula is C16H16BrNO2S. The smallest absolute Gasteiger partial charge is 0.207 e. The second-order valence-corrected chi connectivity index (χ2v) is 8.22. The van der Waals surface area contributed by atoms with E-state index in [2.05, 4.69) is 20.7 Å². The van der Waals surface area contributed by atoms with Crippen molar-refractivity contribution in [2.24, 2.45) is 0 Å². The first kappa shape index (κ1) is 14.8. The molecule has 0 aliphatic heterocycles. The molecule has 5 heteroatoms. The molecule has 0 radical (unpaired) electrons. The summed E-state index contributed by atoms with van der Waals surface area (Å²) in [5.41, 5.74) is 3.28. The number of sulfonamides is 1. The minimum Gasteiger partial charge on any atom is -0.207 e. The molecule has 0 saturated carbocycles. The van der Waals surface area contributed by atoms with Crippen LogP contribution in [0.1, 0.15) is 22.7 Å². The Labute approximate surface area is 133 Å². The van der Waals surface area contributed by atoms with Crippen LogP contribution < -0.4 is 4.72 Å². The minimum atomic E-state index is -3.52. The molecule has 3 rings (SSSR count). The predicted molar refractivity (Wildman–Crippen MR) is 87.1 cm³/mol. The summed E-state index contributed by atoms with van der Waals surface area (Å²) < 4.78 is 27.9. The van der Waals surface area contributed by atoms with E-state index >= 15 is 0 Å². The van der Waals surface area contributed by atoms with Crippen LogP contribution in [0.4, 0.5) is 0 Å². The molecule has 2 atom stereocenters. The third-order valence-electron chi connectivity index (χ3n) is 3.78. The van der Waals surface area contributed by atoms with Crippen molar-refractivity contribution in [2.75, 3.05) is 0 Å². The van der Waals surface area contributed by atoms with Gasteiger partial charge in [0.05, 0.1) is 10.9 Å². The first-order chi connectivity index (χ1) is 9.97. The van der Waals surface area contributed by atoms with E-state index < -0.39 is 10.0 Å². The van der Waals surface area contributed by atoms with Crippen molar-refractivity contribution in [1.82, 2.24) is 4.72 Å². The summed E-state index contributed by atoms with van der Waals surface area (Å²) in [7, 11) is -3.52. The summed E-state index contributed by atoms with van der Waals surface area (Å²) in [6.07, 6.45) is 0.831. The molecule has 0 bridgehead atoms. The molecule has 0 spiro atoms. The SMILES string of the molecule is Cc1ccc(S(=O)(=O)N[C@H]2c3ccccc3C[C@@H]2Br)cc1. The number of benzene rings is 2. The summed E-state index contributed by atoms with van der Waals surface area (Å²) in [5.74, 6) is 0. The van der Waals surface area contributed by atoms with Crippen LogP contribution in [0.2, 0.25) is 0 Å². The molecule has 2 aromatic carbocycles. The van der Waals surface area contributed by atoms with Crippen LogP contribution in [0.15, 0.2) is 53.4 Å². The molecule has 0 saturated heterocycles. The highest BCUT2D eigenvalue weighted by molar-refractivity contribution is 9.09. The molecule has 1 aliphatic rings. The molecule has 110 valence electrons. The molecule has 0 unspecified atom stereocenters. The summed E-state index contributed by atoms with van der Waals surface area (Å²) >= 11 is 3.60. The fourth-order valence-electron chi connectivity index (χ4n) is 2.64. The fraction of sp³-hybridized carbons (Fsp3) is 0.250. The second kappa shape index (κ2) is 5.55. The Balaban J connectivity index is 1.91. The van der Waals surface area contributed by atoms with E-state index in [1.54, 1.807) is 12.1 Å². The van der Waals surface area contributed by atoms with Crippen LogP contribution in [0.25, 0.3) is 0 Å². The Bertz CT molecular complexity index is 756. The molecule has 0 heterocycles. The van der Waals surface area contributed by atoms with E-state index in [1.165, 1.54) is 5.56 Å². The molecule has 3 nitrogen and oxygen atoms in total. The number of fused-ring (bicyclic) bond motifs is 1. The van der Waals surface area contributed by atoms with Crippen molar-refractivity contribution >= 4 is 26.0 Å². The quantitative estimate of drug-likeness (QED) is 0.847. The number of halogens is 1. The van der Waals surface area contributed by atoms with Crippen molar-refractivity contribution in [3.05, 3.63) is 65.2 Å². The minimum absolute atomic E-state index is 0.0788. The lowest BCUT2D eigenvalue weighted by Gasteiger charge is -2.18. The standard InChI is InChI=1S/C16H16BrNO2S/c1-11-6-8-13(9-7-11)21(19,20)18-16-14-5-3-2-4-12(14)10-15(16)17/h2-9,15-16,18H,10H2,1H3/t15-,16-/m0/s1. The lowest BCUT2D eigenvalue weighted by Crippen LogP contribution is -2.31. The van der Waals surface area contributed by atoms with Crippen LogP contribution in [0.3, 0.4) is 0 Å². The third kappa shape index (κ3) is 2.91. The van der Waals surface area contributed by atoms with Gasteiger partial charge in [-0.3, -0.25) is 0 Å². The topological polar surface area (TPSA) is 46.2 Å². The largest absolute Gasteiger partial charge is 0.241 e. The maximum absolute atomic E-state index is 12.5. The summed E-state index contributed by atoms with van der Waals surface area (Å²) in [6, 6.07) is 14.6. The highest BCUT2D eigenvalue weighted by atomic mass is 79.9. The number of alkyl halides is 1. The van der Waals surface area contributed by atoms with Crippen LogP contribution in [0, 0.1) is 6.92 Å². The number of rotatable bonds is 3. The molecular weight excluding hydrogens is 350 g/mol. The normalized spacial score (nSPS) is 21.2. The molecule has 0 fully saturated rings. The van der Waals surface area contributed by atoms with Crippen molar-refractivity contribution < 1.29 is 8.42 Å². The van der Waals surface area contributed by atoms with Gasteiger partial charge in [0.2, 0.25) is 10.0 Å². The van der Waals surface area contributed by atoms with Crippen molar-refractivity contribution in [1.29, 1.82) is 0 Å². The van der Waals surface area contributed by atoms with Gasteiger partial charge in [0, 0.05) is 4.83 Å². The van der Waals surface area contributed by atoms with Gasteiger partial charge in [-0.2, -0.15) is 0 Å². The van der Waals surface area contributed by atoms with E-state index in [0.29, 0.717) is 4.90 Å². The number of hydrogen-bond acceptors (Lipinski definition) is 2. The zero-order valence-electron chi connectivity index (χ0n) is 11.6. The number of aryl methyl sites for hydroxylation is 1. The van der Waals surface area contributed by atoms with Gasteiger partial charge in [-0.1, -0.05) is 57.9 Å². The molecule has 21 heavy (non-hydrogen) atoms. The summed E-state index contributed by atoms with van der Waals surface area (Å²) in [5, 5.41) is 0. The Morgan fingerprint density at radius 2 is 1.76 bits per heavy atom. The molecule has 1 N–H and O–H groups in total. The Kier molecular flexibility index (Phi) is 3.90. The Morgan fingerprint density at radius 3 is 2.48 bits per heavy atom. The average molecular weight is 366 g/mol. The van der Waals surface area contributed by atoms with Gasteiger partial charge in [0.1, 0.15) is 0 Å². The van der Waals surface area contributed by atoms with Crippen LogP contribution in [0.5, 0.6) is 0 Å². The third-order valence-corrected chi connectivity index (χ3v) is 6.09. The van der Waals surface area contributed by atoms with Gasteiger partial charge in [0.15, 0.2) is 0 Å². The number of nitrogens with one attached hydrogen (secondary N) is 1. The maximum Gasteiger partial charge on any atom is 0.241 e. The predicted octanol–water partition coefficient (Wildman–Crippen LogP) is 3.33. The molecule has 2 aromatic rings. The van der Waals surface area contributed by atoms with Gasteiger partial charge in [0.25, 0.3) is 0 Å². The maximum atomic E-state index is 12.5. The van der Waals surface area contributed by atoms with E-state index in [-0.39, 0.29) is 10.9 Å². The first-order valence-corrected chi connectivity index (χ1v) is 9.18. The van der Waals surface area contributed by atoms with Gasteiger partial charge in [-0.25, -0.2) is 13.1 Å². The van der Waals surface area contributed by atoms with Gasteiger partial charge in [-0.15, -0.1) is 0 Å². The number of hydrogen-bond donors (Lipinski definition) is 1. The van der Waals surface area contributed by atoms with E-state index in [9.17, 15) is 8.42 Å². The van der Waals surface area contributed by atoms with Crippen molar-refractivity contribution in [2.45, 2.75) is 29.1 Å². The van der Waals surface area contributed by atoms with Gasteiger partial charge < -0.3 is 0 Å². The van der Waals surface area contributed by atoms with E-state index in [1.807, 2.05) is 43.3 Å². The van der Waals surface area contributed by atoms with Crippen LogP contribution >= 0.6 is 15.9 Å². The molecule has 1 aliphatic carbocycles. The van der Waals surface area contributed by atoms with Gasteiger partial charge in [-0.05, 0) is 36.6 Å². The molecule has 0 amide bonds. The van der Waals surface area contributed by atoms with E-state index in [4.69, 9.17) is 0 Å². The van der Waals surface area contributed by atoms with Gasteiger partial charge >= 0.3 is 0 Å². The van der Waals surface area contributed by atoms with Crippen molar-refractivity contribution in [3.8, 4) is 0 Å². The average Bonchev–Trinajstić information content (AvgIpc) is 2.75. The first-order valence-electron chi connectivity index (χ1n) is 6.78. The summed E-state index contributed by atoms with van der Waals surface area (Å²) in [6.45, 7) is 1.94. The highest BCUT2D eigenvalue weighted by Gasteiger charge is 2.33. The Hall–Kier alpha value is -1.17. The highest BCUT2D eigenvalue weighted by Crippen LogP contribution is 2.36. The lowest BCUT2D eigenvalue weighted by molar-refractivity contribution is 0.559. The summed E-state index contributed by atoms with van der Waals surface area (Å²) in [4.78, 5) is 0.382. The van der Waals surface area contributed by atoms with Crippen LogP contribution in [-0.2, 0) is 16.4 Å². The molecule has 0 aromatic heterocycles.